The van der Waals surface area contributed by atoms with Crippen LogP contribution in [0.15, 0.2) is 22.9 Å². The number of hydrogen-bond acceptors (Lipinski definition) is 4. The standard InChI is InChI=1S/C10H15BrN2O2/c1-12-6-4-8(14)9(15)7-3-2-5-13-10(7)11/h2-3,5,8-9,12,14-15H,4,6H2,1H3. The van der Waals surface area contributed by atoms with E-state index >= 15 is 0 Å². The fourth-order valence-electron chi connectivity index (χ4n) is 1.28. The lowest BCUT2D eigenvalue weighted by atomic mass is 10.0. The third kappa shape index (κ3) is 3.53. The number of nitrogens with zero attached hydrogens (tertiary/aromatic N) is 1. The molecule has 0 aliphatic heterocycles. The Morgan fingerprint density at radius 1 is 1.53 bits per heavy atom. The van der Waals surface area contributed by atoms with E-state index in [1.165, 1.54) is 0 Å². The average molecular weight is 275 g/mol. The molecule has 0 fully saturated rings. The molecule has 1 aromatic rings. The van der Waals surface area contributed by atoms with Gasteiger partial charge in [-0.15, -0.1) is 0 Å². The molecule has 0 radical (unpaired) electrons. The molecular weight excluding hydrogens is 260 g/mol. The number of aliphatic hydroxyl groups excluding tert-OH is 2. The Morgan fingerprint density at radius 3 is 2.87 bits per heavy atom. The summed E-state index contributed by atoms with van der Waals surface area (Å²) in [6.07, 6.45) is 0.443. The van der Waals surface area contributed by atoms with Gasteiger partial charge in [0.05, 0.1) is 6.10 Å². The van der Waals surface area contributed by atoms with Gasteiger partial charge in [-0.25, -0.2) is 4.98 Å². The van der Waals surface area contributed by atoms with Gasteiger partial charge in [-0.3, -0.25) is 0 Å². The minimum Gasteiger partial charge on any atom is -0.390 e. The number of aromatic nitrogens is 1. The summed E-state index contributed by atoms with van der Waals surface area (Å²) in [7, 11) is 1.80. The Hall–Kier alpha value is -0.490. The minimum atomic E-state index is -0.901. The van der Waals surface area contributed by atoms with Crippen molar-refractivity contribution < 1.29 is 10.2 Å². The van der Waals surface area contributed by atoms with E-state index in [2.05, 4.69) is 26.2 Å². The van der Waals surface area contributed by atoms with Crippen LogP contribution in [0.3, 0.4) is 0 Å². The summed E-state index contributed by atoms with van der Waals surface area (Å²) < 4.78 is 0.570. The first kappa shape index (κ1) is 12.6. The third-order valence-corrected chi connectivity index (χ3v) is 2.82. The van der Waals surface area contributed by atoms with Gasteiger partial charge in [-0.05, 0) is 42.0 Å². The molecule has 0 aliphatic rings. The highest BCUT2D eigenvalue weighted by Crippen LogP contribution is 2.24. The van der Waals surface area contributed by atoms with Gasteiger partial charge in [0.15, 0.2) is 0 Å². The van der Waals surface area contributed by atoms with Crippen molar-refractivity contribution in [3.8, 4) is 0 Å². The highest BCUT2D eigenvalue weighted by atomic mass is 79.9. The Labute approximate surface area is 97.5 Å². The van der Waals surface area contributed by atoms with Gasteiger partial charge < -0.3 is 15.5 Å². The molecule has 0 saturated heterocycles. The first-order valence-corrected chi connectivity index (χ1v) is 5.57. The smallest absolute Gasteiger partial charge is 0.111 e. The summed E-state index contributed by atoms with van der Waals surface area (Å²) in [6, 6.07) is 3.47. The lowest BCUT2D eigenvalue weighted by Gasteiger charge is -2.18. The molecule has 2 atom stereocenters. The van der Waals surface area contributed by atoms with E-state index < -0.39 is 12.2 Å². The van der Waals surface area contributed by atoms with Gasteiger partial charge in [0, 0.05) is 11.8 Å². The molecule has 0 spiro atoms. The quantitative estimate of drug-likeness (QED) is 0.697. The number of rotatable bonds is 5. The molecule has 2 unspecified atom stereocenters. The van der Waals surface area contributed by atoms with Crippen molar-refractivity contribution in [2.45, 2.75) is 18.6 Å². The zero-order chi connectivity index (χ0) is 11.3. The second-order valence-corrected chi connectivity index (χ2v) is 4.04. The van der Waals surface area contributed by atoms with Crippen LogP contribution in [0.4, 0.5) is 0 Å². The first-order chi connectivity index (χ1) is 7.16. The maximum absolute atomic E-state index is 9.85. The summed E-state index contributed by atoms with van der Waals surface area (Å²) in [5.41, 5.74) is 0.612. The number of halogens is 1. The Bertz CT molecular complexity index is 309. The predicted molar refractivity (Wildman–Crippen MR) is 61.4 cm³/mol. The maximum atomic E-state index is 9.85. The molecule has 1 aromatic heterocycles. The summed E-state index contributed by atoms with van der Waals surface area (Å²) in [4.78, 5) is 3.99. The van der Waals surface area contributed by atoms with Crippen LogP contribution in [0.1, 0.15) is 18.1 Å². The normalized spacial score (nSPS) is 14.9. The summed E-state index contributed by atoms with van der Waals surface area (Å²) in [5.74, 6) is 0. The largest absolute Gasteiger partial charge is 0.390 e. The van der Waals surface area contributed by atoms with Crippen molar-refractivity contribution in [1.82, 2.24) is 10.3 Å². The molecule has 0 amide bonds. The van der Waals surface area contributed by atoms with E-state index in [0.717, 1.165) is 0 Å². The van der Waals surface area contributed by atoms with E-state index in [1.54, 1.807) is 25.4 Å². The molecule has 1 heterocycles. The predicted octanol–water partition coefficient (Wildman–Crippen LogP) is 0.848. The fraction of sp³-hybridized carbons (Fsp3) is 0.500. The van der Waals surface area contributed by atoms with Crippen LogP contribution >= 0.6 is 15.9 Å². The van der Waals surface area contributed by atoms with E-state index in [0.29, 0.717) is 23.1 Å². The van der Waals surface area contributed by atoms with E-state index in [1.807, 2.05) is 0 Å². The number of hydrogen-bond donors (Lipinski definition) is 3. The molecule has 1 rings (SSSR count). The number of aliphatic hydroxyl groups is 2. The van der Waals surface area contributed by atoms with Crippen LogP contribution in [-0.2, 0) is 0 Å². The molecule has 15 heavy (non-hydrogen) atoms. The highest BCUT2D eigenvalue weighted by Gasteiger charge is 2.20. The van der Waals surface area contributed by atoms with E-state index in [-0.39, 0.29) is 0 Å². The molecule has 84 valence electrons. The Kier molecular flexibility index (Phi) is 5.17. The summed E-state index contributed by atoms with van der Waals surface area (Å²) in [5, 5.41) is 22.5. The van der Waals surface area contributed by atoms with E-state index in [9.17, 15) is 10.2 Å². The first-order valence-electron chi connectivity index (χ1n) is 4.78. The fourth-order valence-corrected chi connectivity index (χ4v) is 1.76. The van der Waals surface area contributed by atoms with Crippen molar-refractivity contribution in [2.24, 2.45) is 0 Å². The van der Waals surface area contributed by atoms with Crippen molar-refractivity contribution in [3.05, 3.63) is 28.5 Å². The van der Waals surface area contributed by atoms with Crippen molar-refractivity contribution in [1.29, 1.82) is 0 Å². The van der Waals surface area contributed by atoms with Gasteiger partial charge in [0.25, 0.3) is 0 Å². The SMILES string of the molecule is CNCCC(O)C(O)c1cccnc1Br. The molecule has 5 heteroatoms. The number of nitrogens with one attached hydrogen (secondary N) is 1. The van der Waals surface area contributed by atoms with Crippen LogP contribution in [-0.4, -0.2) is 34.9 Å². The molecule has 3 N–H and O–H groups in total. The lowest BCUT2D eigenvalue weighted by molar-refractivity contribution is 0.0134. The Balaban J connectivity index is 2.67. The van der Waals surface area contributed by atoms with Crippen LogP contribution in [0.2, 0.25) is 0 Å². The molecule has 0 aliphatic carbocycles. The minimum absolute atomic E-state index is 0.499. The molecular formula is C10H15BrN2O2. The summed E-state index contributed by atoms with van der Waals surface area (Å²) >= 11 is 3.24. The van der Waals surface area contributed by atoms with Gasteiger partial charge in [0.1, 0.15) is 10.7 Å². The molecule has 0 aromatic carbocycles. The molecule has 0 bridgehead atoms. The van der Waals surface area contributed by atoms with Gasteiger partial charge in [-0.1, -0.05) is 6.07 Å². The molecule has 4 nitrogen and oxygen atoms in total. The monoisotopic (exact) mass is 274 g/mol. The zero-order valence-corrected chi connectivity index (χ0v) is 10.1. The second kappa shape index (κ2) is 6.17. The van der Waals surface area contributed by atoms with Gasteiger partial charge in [-0.2, -0.15) is 0 Å². The van der Waals surface area contributed by atoms with Crippen molar-refractivity contribution in [2.75, 3.05) is 13.6 Å². The lowest BCUT2D eigenvalue weighted by Crippen LogP contribution is -2.23. The highest BCUT2D eigenvalue weighted by molar-refractivity contribution is 9.10. The Morgan fingerprint density at radius 2 is 2.27 bits per heavy atom. The van der Waals surface area contributed by atoms with Crippen molar-refractivity contribution >= 4 is 15.9 Å². The van der Waals surface area contributed by atoms with Gasteiger partial charge in [0.2, 0.25) is 0 Å². The number of pyridine rings is 1. The van der Waals surface area contributed by atoms with Crippen LogP contribution in [0, 0.1) is 0 Å². The topological polar surface area (TPSA) is 65.4 Å². The maximum Gasteiger partial charge on any atom is 0.111 e. The second-order valence-electron chi connectivity index (χ2n) is 3.29. The van der Waals surface area contributed by atoms with E-state index in [4.69, 9.17) is 0 Å². The average Bonchev–Trinajstić information content (AvgIpc) is 2.25. The summed E-state index contributed by atoms with van der Waals surface area (Å²) in [6.45, 7) is 0.663. The third-order valence-electron chi connectivity index (χ3n) is 2.16. The van der Waals surface area contributed by atoms with Crippen LogP contribution < -0.4 is 5.32 Å². The van der Waals surface area contributed by atoms with Gasteiger partial charge >= 0.3 is 0 Å². The zero-order valence-electron chi connectivity index (χ0n) is 8.52. The van der Waals surface area contributed by atoms with Crippen LogP contribution in [0.25, 0.3) is 0 Å². The van der Waals surface area contributed by atoms with Crippen LogP contribution in [0.5, 0.6) is 0 Å². The molecule has 0 saturated carbocycles. The van der Waals surface area contributed by atoms with Crippen molar-refractivity contribution in [3.63, 3.8) is 0 Å².